The summed E-state index contributed by atoms with van der Waals surface area (Å²) in [6.07, 6.45) is 1.01. The van der Waals surface area contributed by atoms with Crippen LogP contribution in [0.15, 0.2) is 22.7 Å². The Morgan fingerprint density at radius 1 is 1.47 bits per heavy atom. The molecule has 0 radical (unpaired) electrons. The molecule has 0 heterocycles. The lowest BCUT2D eigenvalue weighted by Gasteiger charge is -2.13. The molecule has 0 aliphatic rings. The van der Waals surface area contributed by atoms with Gasteiger partial charge in [-0.25, -0.2) is 4.39 Å². The Morgan fingerprint density at radius 2 is 2.20 bits per heavy atom. The molecule has 1 aromatic rings. The van der Waals surface area contributed by atoms with Crippen LogP contribution in [0.1, 0.15) is 13.3 Å². The summed E-state index contributed by atoms with van der Waals surface area (Å²) in [4.78, 5) is 0. The van der Waals surface area contributed by atoms with E-state index in [0.717, 1.165) is 16.2 Å². The highest BCUT2D eigenvalue weighted by Crippen LogP contribution is 2.23. The first-order valence-corrected chi connectivity index (χ1v) is 6.72. The third-order valence-corrected chi connectivity index (χ3v) is 3.57. The molecule has 0 aromatic heterocycles. The predicted molar refractivity (Wildman–Crippen MR) is 67.2 cm³/mol. The van der Waals surface area contributed by atoms with Gasteiger partial charge in [-0.1, -0.05) is 38.8 Å². The fourth-order valence-corrected chi connectivity index (χ4v) is 2.05. The molecule has 0 N–H and O–H groups in total. The summed E-state index contributed by atoms with van der Waals surface area (Å²) in [6.45, 7) is 2.63. The summed E-state index contributed by atoms with van der Waals surface area (Å²) in [5.41, 5.74) is 0. The Balaban J connectivity index is 2.60. The fraction of sp³-hybridized carbons (Fsp3) is 0.455. The van der Waals surface area contributed by atoms with Gasteiger partial charge in [-0.15, -0.1) is 0 Å². The van der Waals surface area contributed by atoms with Gasteiger partial charge in [-0.3, -0.25) is 0 Å². The minimum Gasteiger partial charge on any atom is -0.490 e. The molecule has 0 spiro atoms. The summed E-state index contributed by atoms with van der Waals surface area (Å²) in [6, 6.07) is 4.70. The molecule has 15 heavy (non-hydrogen) atoms. The van der Waals surface area contributed by atoms with Gasteiger partial charge in [0.2, 0.25) is 0 Å². The normalized spacial score (nSPS) is 12.5. The lowest BCUT2D eigenvalue weighted by Crippen LogP contribution is -2.12. The average molecular weight is 340 g/mol. The van der Waals surface area contributed by atoms with Crippen molar-refractivity contribution in [3.05, 3.63) is 28.5 Å². The van der Waals surface area contributed by atoms with Crippen LogP contribution in [-0.2, 0) is 0 Å². The standard InChI is InChI=1S/C11H13Br2FO/c1-2-8(6-12)7-15-11-5-9(13)3-4-10(11)14/h3-5,8H,2,6-7H2,1H3. The van der Waals surface area contributed by atoms with Crippen molar-refractivity contribution in [3.8, 4) is 5.75 Å². The highest BCUT2D eigenvalue weighted by Gasteiger charge is 2.08. The van der Waals surface area contributed by atoms with Gasteiger partial charge in [0.25, 0.3) is 0 Å². The zero-order valence-electron chi connectivity index (χ0n) is 8.47. The van der Waals surface area contributed by atoms with Gasteiger partial charge in [0, 0.05) is 15.7 Å². The van der Waals surface area contributed by atoms with E-state index in [4.69, 9.17) is 4.74 Å². The molecule has 0 saturated carbocycles. The number of halogens is 3. The molecule has 1 nitrogen and oxygen atoms in total. The van der Waals surface area contributed by atoms with Crippen molar-refractivity contribution in [2.45, 2.75) is 13.3 Å². The van der Waals surface area contributed by atoms with E-state index in [1.807, 2.05) is 0 Å². The molecule has 84 valence electrons. The number of hydrogen-bond acceptors (Lipinski definition) is 1. The van der Waals surface area contributed by atoms with E-state index >= 15 is 0 Å². The topological polar surface area (TPSA) is 9.23 Å². The number of ether oxygens (including phenoxy) is 1. The molecule has 1 unspecified atom stereocenters. The summed E-state index contributed by atoms with van der Waals surface area (Å²) in [7, 11) is 0. The summed E-state index contributed by atoms with van der Waals surface area (Å²) >= 11 is 6.68. The van der Waals surface area contributed by atoms with Gasteiger partial charge >= 0.3 is 0 Å². The van der Waals surface area contributed by atoms with Crippen LogP contribution in [0, 0.1) is 11.7 Å². The monoisotopic (exact) mass is 338 g/mol. The number of alkyl halides is 1. The third kappa shape index (κ3) is 4.11. The lowest BCUT2D eigenvalue weighted by atomic mass is 10.1. The van der Waals surface area contributed by atoms with Crippen LogP contribution in [-0.4, -0.2) is 11.9 Å². The lowest BCUT2D eigenvalue weighted by molar-refractivity contribution is 0.249. The molecule has 1 rings (SSSR count). The number of benzene rings is 1. The summed E-state index contributed by atoms with van der Waals surface area (Å²) < 4.78 is 19.5. The van der Waals surface area contributed by atoms with Gasteiger partial charge in [-0.2, -0.15) is 0 Å². The van der Waals surface area contributed by atoms with Gasteiger partial charge in [0.15, 0.2) is 11.6 Å². The maximum atomic E-state index is 13.3. The third-order valence-electron chi connectivity index (χ3n) is 2.16. The van der Waals surface area contributed by atoms with E-state index < -0.39 is 0 Å². The molecule has 0 aliphatic heterocycles. The van der Waals surface area contributed by atoms with Crippen molar-refractivity contribution in [1.82, 2.24) is 0 Å². The van der Waals surface area contributed by atoms with Crippen molar-refractivity contribution in [2.75, 3.05) is 11.9 Å². The molecule has 0 bridgehead atoms. The van der Waals surface area contributed by atoms with Crippen LogP contribution in [0.5, 0.6) is 5.75 Å². The molecular weight excluding hydrogens is 327 g/mol. The van der Waals surface area contributed by atoms with E-state index in [9.17, 15) is 4.39 Å². The van der Waals surface area contributed by atoms with Crippen molar-refractivity contribution < 1.29 is 9.13 Å². The minimum atomic E-state index is -0.317. The molecule has 0 aliphatic carbocycles. The predicted octanol–water partition coefficient (Wildman–Crippen LogP) is 4.39. The van der Waals surface area contributed by atoms with Crippen LogP contribution in [0.3, 0.4) is 0 Å². The van der Waals surface area contributed by atoms with Crippen LogP contribution < -0.4 is 4.74 Å². The Hall–Kier alpha value is -0.0900. The van der Waals surface area contributed by atoms with Gasteiger partial charge in [0.1, 0.15) is 0 Å². The zero-order chi connectivity index (χ0) is 11.3. The molecule has 1 atom stereocenters. The highest BCUT2D eigenvalue weighted by molar-refractivity contribution is 9.10. The first kappa shape index (κ1) is 13.0. The number of hydrogen-bond donors (Lipinski definition) is 0. The second kappa shape index (κ2) is 6.48. The van der Waals surface area contributed by atoms with E-state index in [2.05, 4.69) is 38.8 Å². The summed E-state index contributed by atoms with van der Waals surface area (Å²) in [5, 5.41) is 0.874. The van der Waals surface area contributed by atoms with Crippen LogP contribution in [0.4, 0.5) is 4.39 Å². The van der Waals surface area contributed by atoms with Crippen molar-refractivity contribution in [1.29, 1.82) is 0 Å². The average Bonchev–Trinajstić information content (AvgIpc) is 2.24. The SMILES string of the molecule is CCC(CBr)COc1cc(Br)ccc1F. The largest absolute Gasteiger partial charge is 0.490 e. The van der Waals surface area contributed by atoms with Crippen LogP contribution in [0.2, 0.25) is 0 Å². The maximum Gasteiger partial charge on any atom is 0.165 e. The Morgan fingerprint density at radius 3 is 2.80 bits per heavy atom. The van der Waals surface area contributed by atoms with Crippen molar-refractivity contribution in [2.24, 2.45) is 5.92 Å². The quantitative estimate of drug-likeness (QED) is 0.723. The first-order chi connectivity index (χ1) is 7.17. The fourth-order valence-electron chi connectivity index (χ4n) is 1.07. The van der Waals surface area contributed by atoms with Crippen LogP contribution >= 0.6 is 31.9 Å². The smallest absolute Gasteiger partial charge is 0.165 e. The van der Waals surface area contributed by atoms with E-state index in [-0.39, 0.29) is 5.82 Å². The minimum absolute atomic E-state index is 0.309. The van der Waals surface area contributed by atoms with Gasteiger partial charge in [-0.05, 0) is 24.6 Å². The van der Waals surface area contributed by atoms with E-state index in [0.29, 0.717) is 18.3 Å². The molecule has 4 heteroatoms. The van der Waals surface area contributed by atoms with Crippen LogP contribution in [0.25, 0.3) is 0 Å². The first-order valence-electron chi connectivity index (χ1n) is 4.81. The van der Waals surface area contributed by atoms with E-state index in [1.54, 1.807) is 12.1 Å². The number of rotatable bonds is 5. The van der Waals surface area contributed by atoms with E-state index in [1.165, 1.54) is 6.07 Å². The molecular formula is C11H13Br2FO. The Labute approximate surface area is 106 Å². The maximum absolute atomic E-state index is 13.3. The van der Waals surface area contributed by atoms with Crippen molar-refractivity contribution in [3.63, 3.8) is 0 Å². The van der Waals surface area contributed by atoms with Crippen molar-refractivity contribution >= 4 is 31.9 Å². The molecule has 0 amide bonds. The summed E-state index contributed by atoms with van der Waals surface area (Å²) in [5.74, 6) is 0.412. The molecule has 0 saturated heterocycles. The Kier molecular flexibility index (Phi) is 5.61. The second-order valence-corrected chi connectivity index (χ2v) is 4.88. The Bertz CT molecular complexity index is 313. The van der Waals surface area contributed by atoms with Gasteiger partial charge < -0.3 is 4.74 Å². The second-order valence-electron chi connectivity index (χ2n) is 3.31. The zero-order valence-corrected chi connectivity index (χ0v) is 11.6. The highest BCUT2D eigenvalue weighted by atomic mass is 79.9. The van der Waals surface area contributed by atoms with Gasteiger partial charge in [0.05, 0.1) is 6.61 Å². The molecule has 0 fully saturated rings. The molecule has 1 aromatic carbocycles.